The summed E-state index contributed by atoms with van der Waals surface area (Å²) >= 11 is 0. The number of ether oxygens (including phenoxy) is 1. The summed E-state index contributed by atoms with van der Waals surface area (Å²) in [6, 6.07) is 16.4. The van der Waals surface area contributed by atoms with Gasteiger partial charge in [-0.15, -0.1) is 0 Å². The van der Waals surface area contributed by atoms with Crippen LogP contribution in [0, 0.1) is 0 Å². The normalized spacial score (nSPS) is 12.0. The minimum Gasteiger partial charge on any atom is -0.464 e. The van der Waals surface area contributed by atoms with Crippen LogP contribution in [-0.2, 0) is 16.0 Å². The van der Waals surface area contributed by atoms with E-state index in [4.69, 9.17) is 13.6 Å². The molecular weight excluding hydrogens is 386 g/mol. The quantitative estimate of drug-likeness (QED) is 0.390. The number of carbonyl (C=O) groups excluding carboxylic acids is 2. The summed E-state index contributed by atoms with van der Waals surface area (Å²) in [5, 5.41) is 3.90. The predicted molar refractivity (Wildman–Crippen MR) is 110 cm³/mol. The molecule has 2 heterocycles. The molecule has 1 N–H and O–H groups in total. The van der Waals surface area contributed by atoms with Crippen molar-refractivity contribution in [2.45, 2.75) is 19.4 Å². The fraction of sp³-hybridized carbons (Fsp3) is 0.174. The second kappa shape index (κ2) is 8.24. The number of fused-ring (bicyclic) bond motifs is 3. The molecule has 2 aromatic heterocycles. The average molecular weight is 405 g/mol. The lowest BCUT2D eigenvalue weighted by atomic mass is 10.1. The molecule has 152 valence electrons. The second-order valence-electron chi connectivity index (χ2n) is 6.73. The van der Waals surface area contributed by atoms with Crippen LogP contribution >= 0.6 is 0 Å². The summed E-state index contributed by atoms with van der Waals surface area (Å²) in [4.78, 5) is 36.8. The summed E-state index contributed by atoms with van der Waals surface area (Å²) in [6.07, 6.45) is 0.281. The first-order valence-corrected chi connectivity index (χ1v) is 9.53. The Balaban J connectivity index is 1.63. The van der Waals surface area contributed by atoms with Gasteiger partial charge < -0.3 is 18.9 Å². The number of carbonyl (C=O) groups is 2. The molecule has 30 heavy (non-hydrogen) atoms. The van der Waals surface area contributed by atoms with Gasteiger partial charge in [0, 0.05) is 23.9 Å². The number of benzene rings is 2. The fourth-order valence-electron chi connectivity index (χ4n) is 3.27. The van der Waals surface area contributed by atoms with Gasteiger partial charge in [0.2, 0.25) is 0 Å². The lowest BCUT2D eigenvalue weighted by Gasteiger charge is -2.16. The highest BCUT2D eigenvalue weighted by molar-refractivity contribution is 6.06. The number of furan rings is 1. The molecular formula is C23H19NO6. The minimum atomic E-state index is -0.872. The first kappa shape index (κ1) is 19.4. The van der Waals surface area contributed by atoms with Crippen molar-refractivity contribution in [3.8, 4) is 0 Å². The number of nitrogens with one attached hydrogen (secondary N) is 1. The van der Waals surface area contributed by atoms with E-state index in [9.17, 15) is 14.4 Å². The summed E-state index contributed by atoms with van der Waals surface area (Å²) < 4.78 is 16.0. The largest absolute Gasteiger partial charge is 0.464 e. The summed E-state index contributed by atoms with van der Waals surface area (Å²) in [5.74, 6) is -1.08. The van der Waals surface area contributed by atoms with Crippen molar-refractivity contribution in [3.63, 3.8) is 0 Å². The Morgan fingerprint density at radius 1 is 1.03 bits per heavy atom. The lowest BCUT2D eigenvalue weighted by molar-refractivity contribution is -0.145. The van der Waals surface area contributed by atoms with E-state index < -0.39 is 23.5 Å². The zero-order chi connectivity index (χ0) is 21.1. The zero-order valence-electron chi connectivity index (χ0n) is 16.2. The van der Waals surface area contributed by atoms with Gasteiger partial charge in [0.1, 0.15) is 17.2 Å². The maximum absolute atomic E-state index is 12.8. The molecule has 0 spiro atoms. The summed E-state index contributed by atoms with van der Waals surface area (Å²) in [6.45, 7) is 1.91. The van der Waals surface area contributed by atoms with Crippen molar-refractivity contribution >= 4 is 33.8 Å². The van der Waals surface area contributed by atoms with Crippen LogP contribution in [0.2, 0.25) is 0 Å². The number of hydrogen-bond donors (Lipinski definition) is 1. The number of hydrogen-bond acceptors (Lipinski definition) is 6. The van der Waals surface area contributed by atoms with Crippen molar-refractivity contribution in [2.24, 2.45) is 0 Å². The number of rotatable bonds is 6. The van der Waals surface area contributed by atoms with Gasteiger partial charge in [0.25, 0.3) is 5.91 Å². The molecule has 7 nitrogen and oxygen atoms in total. The third-order valence-electron chi connectivity index (χ3n) is 4.67. The maximum atomic E-state index is 12.8. The van der Waals surface area contributed by atoms with E-state index in [2.05, 4.69) is 5.32 Å². The number of amides is 1. The second-order valence-corrected chi connectivity index (χ2v) is 6.73. The monoisotopic (exact) mass is 405 g/mol. The lowest BCUT2D eigenvalue weighted by Crippen LogP contribution is -2.43. The van der Waals surface area contributed by atoms with Crippen LogP contribution in [-0.4, -0.2) is 24.5 Å². The molecule has 0 aliphatic heterocycles. The molecule has 0 radical (unpaired) electrons. The van der Waals surface area contributed by atoms with Crippen molar-refractivity contribution in [1.82, 2.24) is 5.32 Å². The molecule has 7 heteroatoms. The Hall–Kier alpha value is -3.87. The van der Waals surface area contributed by atoms with Crippen LogP contribution in [0.15, 0.2) is 74.3 Å². The molecule has 2 aromatic carbocycles. The standard InChI is InChI=1S/C23H19NO6/c1-2-28-23(27)17(12-14-6-4-3-5-7-14)24-22(26)19-13-16-18(29-19)10-8-15-9-11-20(25)30-21(15)16/h3-11,13,17H,2,12H2,1H3,(H,24,26)/t17-/m0/s1. The van der Waals surface area contributed by atoms with E-state index in [1.165, 1.54) is 12.1 Å². The predicted octanol–water partition coefficient (Wildman–Crippen LogP) is 3.44. The van der Waals surface area contributed by atoms with Gasteiger partial charge in [-0.3, -0.25) is 4.79 Å². The SMILES string of the molecule is CCOC(=O)[C@H](Cc1ccccc1)NC(=O)c1cc2c(ccc3ccc(=O)oc32)o1. The minimum absolute atomic E-state index is 0.00589. The molecule has 0 saturated carbocycles. The van der Waals surface area contributed by atoms with Crippen molar-refractivity contribution in [2.75, 3.05) is 6.61 Å². The Morgan fingerprint density at radius 2 is 1.80 bits per heavy atom. The van der Waals surface area contributed by atoms with Gasteiger partial charge in [-0.25, -0.2) is 9.59 Å². The fourth-order valence-corrected chi connectivity index (χ4v) is 3.27. The third kappa shape index (κ3) is 3.96. The summed E-state index contributed by atoms with van der Waals surface area (Å²) in [5.41, 5.74) is 1.13. The van der Waals surface area contributed by atoms with Gasteiger partial charge in [-0.05, 0) is 30.7 Å². The molecule has 0 unspecified atom stereocenters. The van der Waals surface area contributed by atoms with Crippen molar-refractivity contribution in [3.05, 3.63) is 82.4 Å². The first-order chi connectivity index (χ1) is 14.5. The molecule has 1 amide bonds. The Bertz CT molecular complexity index is 1270. The van der Waals surface area contributed by atoms with Gasteiger partial charge in [-0.2, -0.15) is 0 Å². The van der Waals surface area contributed by atoms with Gasteiger partial charge in [0.05, 0.1) is 12.0 Å². The van der Waals surface area contributed by atoms with Gasteiger partial charge in [-0.1, -0.05) is 30.3 Å². The smallest absolute Gasteiger partial charge is 0.336 e. The molecule has 0 aliphatic rings. The van der Waals surface area contributed by atoms with Gasteiger partial charge >= 0.3 is 11.6 Å². The molecule has 0 bridgehead atoms. The van der Waals surface area contributed by atoms with E-state index in [-0.39, 0.29) is 18.8 Å². The van der Waals surface area contributed by atoms with Crippen LogP contribution in [0.4, 0.5) is 0 Å². The molecule has 1 atom stereocenters. The average Bonchev–Trinajstić information content (AvgIpc) is 3.19. The van der Waals surface area contributed by atoms with E-state index in [1.54, 1.807) is 25.1 Å². The van der Waals surface area contributed by atoms with Crippen LogP contribution in [0.1, 0.15) is 23.0 Å². The highest BCUT2D eigenvalue weighted by Crippen LogP contribution is 2.27. The van der Waals surface area contributed by atoms with Crippen molar-refractivity contribution in [1.29, 1.82) is 0 Å². The van der Waals surface area contributed by atoms with Gasteiger partial charge in [0.15, 0.2) is 5.76 Å². The highest BCUT2D eigenvalue weighted by atomic mass is 16.5. The zero-order valence-corrected chi connectivity index (χ0v) is 16.2. The highest BCUT2D eigenvalue weighted by Gasteiger charge is 2.25. The first-order valence-electron chi connectivity index (χ1n) is 9.53. The van der Waals surface area contributed by atoms with E-state index in [1.807, 2.05) is 30.3 Å². The molecule has 0 saturated heterocycles. The van der Waals surface area contributed by atoms with E-state index in [0.717, 1.165) is 5.56 Å². The summed E-state index contributed by atoms with van der Waals surface area (Å²) in [7, 11) is 0. The Morgan fingerprint density at radius 3 is 2.57 bits per heavy atom. The van der Waals surface area contributed by atoms with Crippen LogP contribution in [0.25, 0.3) is 21.9 Å². The molecule has 0 aliphatic carbocycles. The number of esters is 1. The maximum Gasteiger partial charge on any atom is 0.336 e. The Labute approximate surface area is 171 Å². The van der Waals surface area contributed by atoms with Crippen LogP contribution < -0.4 is 10.9 Å². The topological polar surface area (TPSA) is 98.8 Å². The molecule has 4 aromatic rings. The van der Waals surface area contributed by atoms with Crippen molar-refractivity contribution < 1.29 is 23.2 Å². The Kier molecular flexibility index (Phi) is 5.34. The van der Waals surface area contributed by atoms with Crippen LogP contribution in [0.5, 0.6) is 0 Å². The molecule has 0 fully saturated rings. The third-order valence-corrected chi connectivity index (χ3v) is 4.67. The van der Waals surface area contributed by atoms with E-state index in [0.29, 0.717) is 21.9 Å². The van der Waals surface area contributed by atoms with Crippen LogP contribution in [0.3, 0.4) is 0 Å². The molecule has 4 rings (SSSR count). The van der Waals surface area contributed by atoms with E-state index >= 15 is 0 Å².